The van der Waals surface area contributed by atoms with Crippen molar-refractivity contribution in [2.75, 3.05) is 5.32 Å². The first-order valence-electron chi connectivity index (χ1n) is 12.5. The fourth-order valence-corrected chi connectivity index (χ4v) is 6.09. The monoisotopic (exact) mass is 578 g/mol. The van der Waals surface area contributed by atoms with Gasteiger partial charge in [0, 0.05) is 11.3 Å². The lowest BCUT2D eigenvalue weighted by atomic mass is 9.78. The fraction of sp³-hybridized carbons (Fsp3) is 0.276. The predicted octanol–water partition coefficient (Wildman–Crippen LogP) is 8.42. The van der Waals surface area contributed by atoms with Crippen LogP contribution in [0, 0.1) is 0 Å². The number of alkyl halides is 6. The number of aryl methyl sites for hydroxylation is 2. The molecule has 0 radical (unpaired) electrons. The Balaban J connectivity index is 1.70. The molecule has 0 spiro atoms. The molecule has 1 aromatic heterocycles. The van der Waals surface area contributed by atoms with Crippen LogP contribution in [0.1, 0.15) is 40.1 Å². The molecule has 0 bridgehead atoms. The molecule has 1 aliphatic rings. The highest BCUT2D eigenvalue weighted by molar-refractivity contribution is 7.15. The lowest BCUT2D eigenvalue weighted by molar-refractivity contribution is -0.275. The Morgan fingerprint density at radius 2 is 1.30 bits per heavy atom. The number of thiazole rings is 1. The maximum atomic E-state index is 13.2. The third kappa shape index (κ3) is 6.70. The molecule has 0 fully saturated rings. The molecule has 210 valence electrons. The van der Waals surface area contributed by atoms with Crippen LogP contribution >= 0.6 is 11.3 Å². The number of hydrogen-bond donors (Lipinski definition) is 1. The van der Waals surface area contributed by atoms with Crippen LogP contribution in [0.5, 0.6) is 11.5 Å². The molecule has 1 N–H and O–H groups in total. The van der Waals surface area contributed by atoms with Crippen molar-refractivity contribution in [1.82, 2.24) is 4.98 Å². The predicted molar refractivity (Wildman–Crippen MR) is 140 cm³/mol. The van der Waals surface area contributed by atoms with Crippen molar-refractivity contribution in [3.8, 4) is 11.5 Å². The lowest BCUT2D eigenvalue weighted by Crippen LogP contribution is -2.39. The number of benzene rings is 3. The van der Waals surface area contributed by atoms with Crippen LogP contribution in [-0.4, -0.2) is 17.7 Å². The van der Waals surface area contributed by atoms with E-state index in [2.05, 4.69) is 14.8 Å². The van der Waals surface area contributed by atoms with E-state index in [1.54, 1.807) is 12.1 Å². The highest BCUT2D eigenvalue weighted by Crippen LogP contribution is 2.42. The van der Waals surface area contributed by atoms with Crippen molar-refractivity contribution in [1.29, 1.82) is 0 Å². The minimum Gasteiger partial charge on any atom is -0.406 e. The van der Waals surface area contributed by atoms with Crippen LogP contribution in [0.15, 0.2) is 78.9 Å². The van der Waals surface area contributed by atoms with E-state index in [1.807, 2.05) is 30.3 Å². The molecule has 1 aliphatic carbocycles. The Hall–Kier alpha value is -3.73. The van der Waals surface area contributed by atoms with E-state index in [0.717, 1.165) is 41.8 Å². The third-order valence-corrected chi connectivity index (χ3v) is 7.67. The minimum atomic E-state index is -4.93. The molecule has 1 heterocycles. The summed E-state index contributed by atoms with van der Waals surface area (Å²) >= 11 is 1.45. The summed E-state index contributed by atoms with van der Waals surface area (Å²) in [7, 11) is 0. The molecule has 4 aromatic rings. The number of nitrogens with zero attached hydrogens (tertiary/aromatic N) is 1. The maximum absolute atomic E-state index is 13.2. The molecule has 0 atom stereocenters. The molecular formula is C29H24F6N2O2S. The molecular weight excluding hydrogens is 554 g/mol. The van der Waals surface area contributed by atoms with Crippen LogP contribution < -0.4 is 14.8 Å². The van der Waals surface area contributed by atoms with Crippen molar-refractivity contribution in [2.24, 2.45) is 0 Å². The van der Waals surface area contributed by atoms with Crippen molar-refractivity contribution in [2.45, 2.75) is 50.4 Å². The van der Waals surface area contributed by atoms with Gasteiger partial charge in [0.05, 0.1) is 11.2 Å². The molecule has 5 rings (SSSR count). The zero-order chi connectivity index (χ0) is 28.4. The van der Waals surface area contributed by atoms with Gasteiger partial charge in [-0.25, -0.2) is 4.98 Å². The molecule has 4 nitrogen and oxygen atoms in total. The number of hydrogen-bond acceptors (Lipinski definition) is 5. The Bertz CT molecular complexity index is 1370. The van der Waals surface area contributed by atoms with E-state index in [0.29, 0.717) is 16.3 Å². The summed E-state index contributed by atoms with van der Waals surface area (Å²) in [5.41, 5.74) is 1.08. The van der Waals surface area contributed by atoms with Crippen LogP contribution in [0.4, 0.5) is 31.5 Å². The summed E-state index contributed by atoms with van der Waals surface area (Å²) in [6.45, 7) is 0. The highest BCUT2D eigenvalue weighted by atomic mass is 32.1. The first-order valence-corrected chi connectivity index (χ1v) is 13.3. The smallest absolute Gasteiger partial charge is 0.406 e. The number of rotatable bonds is 8. The van der Waals surface area contributed by atoms with E-state index < -0.39 is 29.8 Å². The maximum Gasteiger partial charge on any atom is 0.573 e. The Labute approximate surface area is 230 Å². The van der Waals surface area contributed by atoms with E-state index in [4.69, 9.17) is 4.98 Å². The zero-order valence-electron chi connectivity index (χ0n) is 21.0. The van der Waals surface area contributed by atoms with E-state index >= 15 is 0 Å². The molecule has 40 heavy (non-hydrogen) atoms. The van der Waals surface area contributed by atoms with Gasteiger partial charge in [0.2, 0.25) is 0 Å². The van der Waals surface area contributed by atoms with E-state index in [-0.39, 0.29) is 6.42 Å². The average molecular weight is 579 g/mol. The van der Waals surface area contributed by atoms with Gasteiger partial charge in [-0.05, 0) is 66.6 Å². The first kappa shape index (κ1) is 27.8. The molecule has 3 aromatic carbocycles. The van der Waals surface area contributed by atoms with Gasteiger partial charge in [-0.3, -0.25) is 0 Å². The second kappa shape index (κ2) is 11.0. The number of fused-ring (bicyclic) bond motifs is 1. The molecule has 0 amide bonds. The van der Waals surface area contributed by atoms with Gasteiger partial charge >= 0.3 is 12.7 Å². The number of halogens is 6. The highest BCUT2D eigenvalue weighted by Gasteiger charge is 2.39. The quantitative estimate of drug-likeness (QED) is 0.213. The minimum absolute atomic E-state index is 0.170. The lowest BCUT2D eigenvalue weighted by Gasteiger charge is -2.37. The van der Waals surface area contributed by atoms with Crippen LogP contribution in [0.25, 0.3) is 0 Å². The van der Waals surface area contributed by atoms with Gasteiger partial charge in [-0.15, -0.1) is 37.7 Å². The number of aromatic nitrogens is 1. The van der Waals surface area contributed by atoms with E-state index in [9.17, 15) is 26.3 Å². The summed E-state index contributed by atoms with van der Waals surface area (Å²) in [5, 5.41) is 3.97. The van der Waals surface area contributed by atoms with Crippen molar-refractivity contribution < 1.29 is 35.8 Å². The zero-order valence-corrected chi connectivity index (χ0v) is 21.8. The van der Waals surface area contributed by atoms with Gasteiger partial charge in [0.15, 0.2) is 5.13 Å². The summed E-state index contributed by atoms with van der Waals surface area (Å²) in [6.07, 6.45) is -5.99. The van der Waals surface area contributed by atoms with Crippen LogP contribution in [0.2, 0.25) is 0 Å². The number of ether oxygens (including phenoxy) is 2. The first-order chi connectivity index (χ1) is 19.0. The average Bonchev–Trinajstić information content (AvgIpc) is 3.29. The number of nitrogens with one attached hydrogen (secondary N) is 1. The molecule has 11 heteroatoms. The van der Waals surface area contributed by atoms with Crippen molar-refractivity contribution >= 4 is 16.5 Å². The Morgan fingerprint density at radius 1 is 0.725 bits per heavy atom. The van der Waals surface area contributed by atoms with Gasteiger partial charge in [-0.2, -0.15) is 0 Å². The molecule has 0 unspecified atom stereocenters. The summed E-state index contributed by atoms with van der Waals surface area (Å²) in [4.78, 5) is 5.89. The molecule has 0 saturated carbocycles. The van der Waals surface area contributed by atoms with Gasteiger partial charge in [-0.1, -0.05) is 54.6 Å². The second-order valence-electron chi connectivity index (χ2n) is 9.44. The Kier molecular flexibility index (Phi) is 7.67. The Morgan fingerprint density at radius 3 is 1.85 bits per heavy atom. The topological polar surface area (TPSA) is 43.4 Å². The van der Waals surface area contributed by atoms with Gasteiger partial charge < -0.3 is 14.8 Å². The van der Waals surface area contributed by atoms with Crippen LogP contribution in [0.3, 0.4) is 0 Å². The van der Waals surface area contributed by atoms with Crippen molar-refractivity contribution in [3.63, 3.8) is 0 Å². The second-order valence-corrected chi connectivity index (χ2v) is 10.5. The van der Waals surface area contributed by atoms with Gasteiger partial charge in [0.25, 0.3) is 0 Å². The standard InChI is InChI=1S/C29H24F6N2O2S/c30-28(31,32)38-22-12-6-10-20(16-22)27(18-19-8-2-1-3-9-19,21-11-7-13-23(17-21)39-29(33,34)35)37-26-36-24-14-4-5-15-25(24)40-26/h1-3,6-13,16-17H,4-5,14-15,18H2,(H,36,37). The van der Waals surface area contributed by atoms with Crippen molar-refractivity contribution in [3.05, 3.63) is 106 Å². The largest absolute Gasteiger partial charge is 0.573 e. The summed E-state index contributed by atoms with van der Waals surface area (Å²) < 4.78 is 87.4. The van der Waals surface area contributed by atoms with E-state index in [1.165, 1.54) is 47.7 Å². The third-order valence-electron chi connectivity index (χ3n) is 6.60. The molecule has 0 saturated heterocycles. The summed E-state index contributed by atoms with van der Waals surface area (Å²) in [6, 6.07) is 20.0. The summed E-state index contributed by atoms with van der Waals surface area (Å²) in [5.74, 6) is -0.907. The van der Waals surface area contributed by atoms with Gasteiger partial charge in [0.1, 0.15) is 11.5 Å². The SMILES string of the molecule is FC(F)(F)Oc1cccc(C(Cc2ccccc2)(Nc2nc3c(s2)CCCC3)c2cccc(OC(F)(F)F)c2)c1. The normalized spacial score (nSPS) is 13.9. The number of anilines is 1. The molecule has 0 aliphatic heterocycles. The van der Waals surface area contributed by atoms with Crippen LogP contribution in [-0.2, 0) is 24.8 Å². The fourth-order valence-electron chi connectivity index (χ4n) is 4.97.